The van der Waals surface area contributed by atoms with Crippen LogP contribution in [-0.2, 0) is 6.54 Å². The van der Waals surface area contributed by atoms with Crippen molar-refractivity contribution in [2.75, 3.05) is 18.0 Å². The van der Waals surface area contributed by atoms with Gasteiger partial charge in [-0.2, -0.15) is 5.26 Å². The largest absolute Gasteiger partial charge is 0.487 e. The van der Waals surface area contributed by atoms with Gasteiger partial charge in [-0.1, -0.05) is 6.07 Å². The van der Waals surface area contributed by atoms with Crippen LogP contribution in [0.25, 0.3) is 0 Å². The Bertz CT molecular complexity index is 425. The molecular weight excluding hydrogens is 202 g/mol. The third kappa shape index (κ3) is 1.95. The van der Waals surface area contributed by atoms with E-state index in [0.29, 0.717) is 13.1 Å². The fourth-order valence-corrected chi connectivity index (χ4v) is 1.94. The maximum atomic E-state index is 8.78. The minimum Gasteiger partial charge on any atom is -0.487 e. The van der Waals surface area contributed by atoms with Crippen molar-refractivity contribution in [1.82, 2.24) is 0 Å². The lowest BCUT2D eigenvalue weighted by atomic mass is 10.1. The molecule has 0 radical (unpaired) electrons. The highest BCUT2D eigenvalue weighted by Crippen LogP contribution is 2.33. The molecule has 0 saturated carbocycles. The smallest absolute Gasteiger partial charge is 0.143 e. The molecule has 16 heavy (non-hydrogen) atoms. The topological polar surface area (TPSA) is 62.3 Å². The van der Waals surface area contributed by atoms with Gasteiger partial charge in [-0.15, -0.1) is 0 Å². The number of anilines is 1. The Morgan fingerprint density at radius 1 is 1.62 bits per heavy atom. The summed E-state index contributed by atoms with van der Waals surface area (Å²) >= 11 is 0. The SMILES string of the molecule is CC1CN(CC#N)c2ccc(CN)cc2O1. The van der Waals surface area contributed by atoms with E-state index in [-0.39, 0.29) is 6.10 Å². The summed E-state index contributed by atoms with van der Waals surface area (Å²) in [5.41, 5.74) is 7.62. The Morgan fingerprint density at radius 2 is 2.44 bits per heavy atom. The second-order valence-corrected chi connectivity index (χ2v) is 3.97. The van der Waals surface area contributed by atoms with Crippen molar-refractivity contribution in [3.63, 3.8) is 0 Å². The molecule has 0 aromatic heterocycles. The van der Waals surface area contributed by atoms with Gasteiger partial charge in [0.05, 0.1) is 18.3 Å². The van der Waals surface area contributed by atoms with Gasteiger partial charge in [-0.3, -0.25) is 0 Å². The highest BCUT2D eigenvalue weighted by atomic mass is 16.5. The second-order valence-electron chi connectivity index (χ2n) is 3.97. The van der Waals surface area contributed by atoms with Gasteiger partial charge in [0.1, 0.15) is 18.4 Å². The number of nitrogens with zero attached hydrogens (tertiary/aromatic N) is 2. The molecule has 1 aromatic rings. The molecule has 2 N–H and O–H groups in total. The molecule has 1 aliphatic rings. The van der Waals surface area contributed by atoms with Crippen LogP contribution < -0.4 is 15.4 Å². The minimum absolute atomic E-state index is 0.105. The van der Waals surface area contributed by atoms with Crippen molar-refractivity contribution < 1.29 is 4.74 Å². The summed E-state index contributed by atoms with van der Waals surface area (Å²) in [7, 11) is 0. The Labute approximate surface area is 95.2 Å². The van der Waals surface area contributed by atoms with E-state index in [1.807, 2.05) is 30.0 Å². The van der Waals surface area contributed by atoms with Crippen LogP contribution >= 0.6 is 0 Å². The third-order valence-electron chi connectivity index (χ3n) is 2.67. The van der Waals surface area contributed by atoms with Crippen LogP contribution in [0, 0.1) is 11.3 Å². The van der Waals surface area contributed by atoms with E-state index in [4.69, 9.17) is 15.7 Å². The molecule has 1 heterocycles. The number of nitriles is 1. The van der Waals surface area contributed by atoms with Crippen LogP contribution in [0.4, 0.5) is 5.69 Å². The average Bonchev–Trinajstić information content (AvgIpc) is 2.28. The van der Waals surface area contributed by atoms with Gasteiger partial charge in [0.25, 0.3) is 0 Å². The first-order valence-corrected chi connectivity index (χ1v) is 5.36. The van der Waals surface area contributed by atoms with Gasteiger partial charge in [0.15, 0.2) is 0 Å². The first-order chi connectivity index (χ1) is 7.74. The molecular formula is C12H15N3O. The first kappa shape index (κ1) is 10.8. The number of ether oxygens (including phenoxy) is 1. The second kappa shape index (κ2) is 4.42. The summed E-state index contributed by atoms with van der Waals surface area (Å²) in [6, 6.07) is 8.07. The van der Waals surface area contributed by atoms with E-state index in [9.17, 15) is 0 Å². The zero-order chi connectivity index (χ0) is 11.5. The van der Waals surface area contributed by atoms with E-state index >= 15 is 0 Å². The van der Waals surface area contributed by atoms with Crippen molar-refractivity contribution >= 4 is 5.69 Å². The molecule has 1 aromatic carbocycles. The number of rotatable bonds is 2. The fourth-order valence-electron chi connectivity index (χ4n) is 1.94. The highest BCUT2D eigenvalue weighted by molar-refractivity contribution is 5.61. The zero-order valence-corrected chi connectivity index (χ0v) is 9.31. The number of hydrogen-bond donors (Lipinski definition) is 1. The normalized spacial score (nSPS) is 18.6. The summed E-state index contributed by atoms with van der Waals surface area (Å²) in [6.07, 6.45) is 0.105. The van der Waals surface area contributed by atoms with E-state index in [1.165, 1.54) is 0 Å². The number of benzene rings is 1. The van der Waals surface area contributed by atoms with Crippen LogP contribution in [0.1, 0.15) is 12.5 Å². The quantitative estimate of drug-likeness (QED) is 0.757. The van der Waals surface area contributed by atoms with Crippen molar-refractivity contribution in [2.24, 2.45) is 5.73 Å². The molecule has 0 bridgehead atoms. The summed E-state index contributed by atoms with van der Waals surface area (Å²) in [5.74, 6) is 0.831. The van der Waals surface area contributed by atoms with E-state index in [0.717, 1.165) is 23.5 Å². The monoisotopic (exact) mass is 217 g/mol. The summed E-state index contributed by atoms with van der Waals surface area (Å²) < 4.78 is 5.74. The van der Waals surface area contributed by atoms with E-state index in [1.54, 1.807) is 0 Å². The molecule has 0 amide bonds. The third-order valence-corrected chi connectivity index (χ3v) is 2.67. The zero-order valence-electron chi connectivity index (χ0n) is 9.31. The van der Waals surface area contributed by atoms with Crippen LogP contribution in [0.3, 0.4) is 0 Å². The van der Waals surface area contributed by atoms with Crippen LogP contribution in [0.2, 0.25) is 0 Å². The highest BCUT2D eigenvalue weighted by Gasteiger charge is 2.22. The maximum absolute atomic E-state index is 8.78. The molecule has 0 saturated heterocycles. The fraction of sp³-hybridized carbons (Fsp3) is 0.417. The van der Waals surface area contributed by atoms with Gasteiger partial charge >= 0.3 is 0 Å². The molecule has 1 atom stereocenters. The van der Waals surface area contributed by atoms with Crippen molar-refractivity contribution in [1.29, 1.82) is 5.26 Å². The molecule has 4 nitrogen and oxygen atoms in total. The maximum Gasteiger partial charge on any atom is 0.143 e. The molecule has 1 unspecified atom stereocenters. The van der Waals surface area contributed by atoms with Gasteiger partial charge in [-0.25, -0.2) is 0 Å². The van der Waals surface area contributed by atoms with Gasteiger partial charge in [-0.05, 0) is 24.6 Å². The standard InChI is InChI=1S/C12H15N3O/c1-9-8-15(5-4-13)11-3-2-10(7-14)6-12(11)16-9/h2-3,6,9H,5,7-8,14H2,1H3. The Kier molecular flexibility index (Phi) is 2.97. The Balaban J connectivity index is 2.36. The predicted octanol–water partition coefficient (Wildman–Crippen LogP) is 1.26. The van der Waals surface area contributed by atoms with E-state index in [2.05, 4.69) is 6.07 Å². The van der Waals surface area contributed by atoms with Crippen molar-refractivity contribution in [3.8, 4) is 11.8 Å². The molecule has 0 spiro atoms. The van der Waals surface area contributed by atoms with Crippen LogP contribution in [-0.4, -0.2) is 19.2 Å². The molecule has 0 aliphatic carbocycles. The lowest BCUT2D eigenvalue weighted by Crippen LogP contribution is -2.38. The molecule has 2 rings (SSSR count). The lowest BCUT2D eigenvalue weighted by Gasteiger charge is -2.33. The van der Waals surface area contributed by atoms with Gasteiger partial charge in [0, 0.05) is 6.54 Å². The molecule has 1 aliphatic heterocycles. The van der Waals surface area contributed by atoms with Gasteiger partial charge < -0.3 is 15.4 Å². The average molecular weight is 217 g/mol. The lowest BCUT2D eigenvalue weighted by molar-refractivity contribution is 0.214. The van der Waals surface area contributed by atoms with Crippen molar-refractivity contribution in [3.05, 3.63) is 23.8 Å². The Morgan fingerprint density at radius 3 is 3.12 bits per heavy atom. The number of fused-ring (bicyclic) bond motifs is 1. The molecule has 4 heteroatoms. The first-order valence-electron chi connectivity index (χ1n) is 5.36. The molecule has 84 valence electrons. The summed E-state index contributed by atoms with van der Waals surface area (Å²) in [6.45, 7) is 3.65. The summed E-state index contributed by atoms with van der Waals surface area (Å²) in [5, 5.41) is 8.78. The van der Waals surface area contributed by atoms with Crippen molar-refractivity contribution in [2.45, 2.75) is 19.6 Å². The Hall–Kier alpha value is -1.73. The minimum atomic E-state index is 0.105. The van der Waals surface area contributed by atoms with Gasteiger partial charge in [0.2, 0.25) is 0 Å². The van der Waals surface area contributed by atoms with Crippen LogP contribution in [0.15, 0.2) is 18.2 Å². The number of nitrogens with two attached hydrogens (primary N) is 1. The van der Waals surface area contributed by atoms with Crippen LogP contribution in [0.5, 0.6) is 5.75 Å². The number of hydrogen-bond acceptors (Lipinski definition) is 4. The summed E-state index contributed by atoms with van der Waals surface area (Å²) in [4.78, 5) is 2.03. The van der Waals surface area contributed by atoms with E-state index < -0.39 is 0 Å². The predicted molar refractivity (Wildman–Crippen MR) is 62.2 cm³/mol. The molecule has 0 fully saturated rings.